The molecule has 162 valence electrons. The number of ether oxygens (including phenoxy) is 1. The molecule has 1 saturated heterocycles. The monoisotopic (exact) mass is 415 g/mol. The van der Waals surface area contributed by atoms with Crippen molar-refractivity contribution in [2.45, 2.75) is 32.5 Å². The van der Waals surface area contributed by atoms with Crippen LogP contribution in [0.15, 0.2) is 29.3 Å². The second kappa shape index (κ2) is 10.9. The van der Waals surface area contributed by atoms with E-state index in [1.54, 1.807) is 24.3 Å². The minimum atomic E-state index is -4.18. The molecule has 0 saturated carbocycles. The summed E-state index contributed by atoms with van der Waals surface area (Å²) in [5, 5.41) is 8.97. The Labute approximate surface area is 168 Å². The van der Waals surface area contributed by atoms with Crippen LogP contribution in [0.5, 0.6) is 5.75 Å². The second-order valence-electron chi connectivity index (χ2n) is 6.80. The summed E-state index contributed by atoms with van der Waals surface area (Å²) in [6.45, 7) is 4.55. The minimum Gasteiger partial charge on any atom is -0.492 e. The lowest BCUT2D eigenvalue weighted by atomic mass is 10.3. The predicted molar refractivity (Wildman–Crippen MR) is 106 cm³/mol. The molecule has 29 heavy (non-hydrogen) atoms. The van der Waals surface area contributed by atoms with Crippen molar-refractivity contribution in [1.82, 2.24) is 15.5 Å². The number of hydrogen-bond donors (Lipinski definition) is 3. The van der Waals surface area contributed by atoms with Crippen LogP contribution in [0.4, 0.5) is 18.9 Å². The van der Waals surface area contributed by atoms with E-state index in [0.29, 0.717) is 56.6 Å². The number of rotatable bonds is 8. The first-order valence-electron chi connectivity index (χ1n) is 9.59. The molecule has 1 atom stereocenters. The fourth-order valence-corrected chi connectivity index (χ4v) is 3.05. The van der Waals surface area contributed by atoms with Crippen molar-refractivity contribution in [1.29, 1.82) is 0 Å². The Bertz CT molecular complexity index is 697. The molecule has 0 radical (unpaired) electrons. The van der Waals surface area contributed by atoms with Crippen LogP contribution in [-0.2, 0) is 4.79 Å². The standard InChI is InChI=1S/C19H28F3N5O2/c1-3-23-18(26-16-7-9-27(12-16)13-19(20,21)22)24-8-10-29-17-6-4-5-15(11-17)25-14(2)28/h4-6,11,16H,3,7-10,12-13H2,1-2H3,(H,25,28)(H2,23,24,26). The van der Waals surface area contributed by atoms with Gasteiger partial charge in [0.25, 0.3) is 0 Å². The van der Waals surface area contributed by atoms with E-state index >= 15 is 0 Å². The maximum atomic E-state index is 12.5. The highest BCUT2D eigenvalue weighted by Gasteiger charge is 2.34. The Balaban J connectivity index is 1.80. The summed E-state index contributed by atoms with van der Waals surface area (Å²) in [6.07, 6.45) is -3.55. The van der Waals surface area contributed by atoms with Gasteiger partial charge in [-0.25, -0.2) is 4.99 Å². The quantitative estimate of drug-likeness (QED) is 0.345. The highest BCUT2D eigenvalue weighted by Crippen LogP contribution is 2.20. The maximum absolute atomic E-state index is 12.5. The van der Waals surface area contributed by atoms with Crippen molar-refractivity contribution < 1.29 is 22.7 Å². The molecule has 0 bridgehead atoms. The summed E-state index contributed by atoms with van der Waals surface area (Å²) >= 11 is 0. The van der Waals surface area contributed by atoms with E-state index in [-0.39, 0.29) is 11.9 Å². The number of carbonyl (C=O) groups is 1. The van der Waals surface area contributed by atoms with E-state index in [4.69, 9.17) is 4.74 Å². The van der Waals surface area contributed by atoms with Crippen molar-refractivity contribution in [3.05, 3.63) is 24.3 Å². The Morgan fingerprint density at radius 2 is 2.17 bits per heavy atom. The number of nitrogens with one attached hydrogen (secondary N) is 3. The molecule has 0 spiro atoms. The number of likely N-dealkylation sites (tertiary alicyclic amines) is 1. The van der Waals surface area contributed by atoms with Gasteiger partial charge in [0, 0.05) is 44.4 Å². The number of amides is 1. The lowest BCUT2D eigenvalue weighted by Gasteiger charge is -2.19. The van der Waals surface area contributed by atoms with Crippen LogP contribution in [0.3, 0.4) is 0 Å². The normalized spacial score (nSPS) is 17.8. The van der Waals surface area contributed by atoms with Gasteiger partial charge < -0.3 is 20.7 Å². The van der Waals surface area contributed by atoms with Crippen LogP contribution < -0.4 is 20.7 Å². The molecule has 0 aliphatic carbocycles. The van der Waals surface area contributed by atoms with Crippen LogP contribution in [0.1, 0.15) is 20.3 Å². The Morgan fingerprint density at radius 3 is 2.86 bits per heavy atom. The third-order valence-electron chi connectivity index (χ3n) is 4.14. The van der Waals surface area contributed by atoms with Crippen LogP contribution in [-0.4, -0.2) is 68.3 Å². The van der Waals surface area contributed by atoms with Gasteiger partial charge in [-0.15, -0.1) is 0 Å². The average molecular weight is 415 g/mol. The zero-order chi connectivity index (χ0) is 21.3. The van der Waals surface area contributed by atoms with Gasteiger partial charge in [-0.1, -0.05) is 6.07 Å². The molecule has 1 aromatic rings. The van der Waals surface area contributed by atoms with Crippen LogP contribution >= 0.6 is 0 Å². The van der Waals surface area contributed by atoms with Crippen molar-refractivity contribution in [3.8, 4) is 5.75 Å². The fourth-order valence-electron chi connectivity index (χ4n) is 3.05. The van der Waals surface area contributed by atoms with E-state index in [0.717, 1.165) is 0 Å². The summed E-state index contributed by atoms with van der Waals surface area (Å²) in [5.74, 6) is 1.01. The lowest BCUT2D eigenvalue weighted by Crippen LogP contribution is -2.45. The number of aliphatic imine (C=N–C) groups is 1. The predicted octanol–water partition coefficient (Wildman–Crippen LogP) is 2.22. The number of anilines is 1. The highest BCUT2D eigenvalue weighted by atomic mass is 19.4. The molecule has 1 amide bonds. The first-order valence-corrected chi connectivity index (χ1v) is 9.59. The zero-order valence-corrected chi connectivity index (χ0v) is 16.7. The number of carbonyl (C=O) groups excluding carboxylic acids is 1. The van der Waals surface area contributed by atoms with E-state index in [2.05, 4.69) is 20.9 Å². The molecule has 2 rings (SSSR count). The van der Waals surface area contributed by atoms with Gasteiger partial charge in [0.15, 0.2) is 5.96 Å². The van der Waals surface area contributed by atoms with E-state index in [9.17, 15) is 18.0 Å². The Morgan fingerprint density at radius 1 is 1.38 bits per heavy atom. The van der Waals surface area contributed by atoms with Gasteiger partial charge in [0.1, 0.15) is 12.4 Å². The second-order valence-corrected chi connectivity index (χ2v) is 6.80. The van der Waals surface area contributed by atoms with Crippen LogP contribution in [0, 0.1) is 0 Å². The lowest BCUT2D eigenvalue weighted by molar-refractivity contribution is -0.143. The highest BCUT2D eigenvalue weighted by molar-refractivity contribution is 5.88. The van der Waals surface area contributed by atoms with Crippen LogP contribution in [0.2, 0.25) is 0 Å². The van der Waals surface area contributed by atoms with Crippen molar-refractivity contribution >= 4 is 17.6 Å². The van der Waals surface area contributed by atoms with Gasteiger partial charge in [0.05, 0.1) is 13.1 Å². The van der Waals surface area contributed by atoms with Gasteiger partial charge in [-0.3, -0.25) is 9.69 Å². The summed E-state index contributed by atoms with van der Waals surface area (Å²) in [7, 11) is 0. The molecule has 1 aromatic carbocycles. The van der Waals surface area contributed by atoms with Crippen molar-refractivity contribution in [2.24, 2.45) is 4.99 Å². The fraction of sp³-hybridized carbons (Fsp3) is 0.579. The van der Waals surface area contributed by atoms with Gasteiger partial charge in [-0.05, 0) is 25.5 Å². The molecule has 10 heteroatoms. The molecule has 1 heterocycles. The maximum Gasteiger partial charge on any atom is 0.401 e. The van der Waals surface area contributed by atoms with Gasteiger partial charge in [0.2, 0.25) is 5.91 Å². The van der Waals surface area contributed by atoms with E-state index in [1.165, 1.54) is 11.8 Å². The number of halogens is 3. The SMILES string of the molecule is CCNC(=NCCOc1cccc(NC(C)=O)c1)NC1CCN(CC(F)(F)F)C1. The summed E-state index contributed by atoms with van der Waals surface area (Å²) in [6, 6.07) is 6.98. The Hall–Kier alpha value is -2.49. The molecule has 1 unspecified atom stereocenters. The first-order chi connectivity index (χ1) is 13.7. The largest absolute Gasteiger partial charge is 0.492 e. The summed E-state index contributed by atoms with van der Waals surface area (Å²) in [4.78, 5) is 16.9. The molecule has 1 aliphatic rings. The smallest absolute Gasteiger partial charge is 0.401 e. The average Bonchev–Trinajstić information content (AvgIpc) is 3.03. The molecule has 0 aromatic heterocycles. The minimum absolute atomic E-state index is 0.0783. The number of alkyl halides is 3. The number of hydrogen-bond acceptors (Lipinski definition) is 4. The number of guanidine groups is 1. The molecular formula is C19H28F3N5O2. The molecule has 3 N–H and O–H groups in total. The van der Waals surface area contributed by atoms with Crippen molar-refractivity contribution in [2.75, 3.05) is 44.6 Å². The van der Waals surface area contributed by atoms with E-state index in [1.807, 2.05) is 6.92 Å². The molecule has 1 fully saturated rings. The summed E-state index contributed by atoms with van der Waals surface area (Å²) in [5.41, 5.74) is 0.651. The topological polar surface area (TPSA) is 78.0 Å². The van der Waals surface area contributed by atoms with Crippen LogP contribution in [0.25, 0.3) is 0 Å². The zero-order valence-electron chi connectivity index (χ0n) is 16.7. The molecular weight excluding hydrogens is 387 g/mol. The van der Waals surface area contributed by atoms with Crippen molar-refractivity contribution in [3.63, 3.8) is 0 Å². The van der Waals surface area contributed by atoms with Gasteiger partial charge in [-0.2, -0.15) is 13.2 Å². The molecule has 7 nitrogen and oxygen atoms in total. The Kier molecular flexibility index (Phi) is 8.56. The molecule has 1 aliphatic heterocycles. The number of nitrogens with zero attached hydrogens (tertiary/aromatic N) is 2. The third kappa shape index (κ3) is 9.03. The van der Waals surface area contributed by atoms with Gasteiger partial charge >= 0.3 is 6.18 Å². The third-order valence-corrected chi connectivity index (χ3v) is 4.14. The summed E-state index contributed by atoms with van der Waals surface area (Å²) < 4.78 is 43.2. The first kappa shape index (κ1) is 22.8. The van der Waals surface area contributed by atoms with E-state index < -0.39 is 12.7 Å². The number of benzene rings is 1.